The van der Waals surface area contributed by atoms with Gasteiger partial charge >= 0.3 is 12.1 Å². The summed E-state index contributed by atoms with van der Waals surface area (Å²) in [7, 11) is 0. The van der Waals surface area contributed by atoms with E-state index in [2.05, 4.69) is 15.1 Å². The Kier molecular flexibility index (Phi) is 7.50. The van der Waals surface area contributed by atoms with E-state index in [-0.39, 0.29) is 12.2 Å². The Labute approximate surface area is 185 Å². The van der Waals surface area contributed by atoms with Crippen LogP contribution >= 0.6 is 0 Å². The predicted octanol–water partition coefficient (Wildman–Crippen LogP) is 5.68. The standard InChI is InChI=1S/C23H26F2N4O3/c1-3-5-6-20-27-21(23(24,25)12-4-2)28-29(20)15-16-7-9-17(10-8-16)18-11-13-26-14-19(18)32-22(30)31/h7-11,13-14H,3-6,12,15H2,1-2H3,(H,30,31). The molecule has 170 valence electrons. The Hall–Kier alpha value is -3.36. The molecule has 0 saturated heterocycles. The molecule has 0 aliphatic rings. The summed E-state index contributed by atoms with van der Waals surface area (Å²) in [6.45, 7) is 4.05. The quantitative estimate of drug-likeness (QED) is 0.405. The second kappa shape index (κ2) is 10.3. The van der Waals surface area contributed by atoms with E-state index < -0.39 is 17.9 Å². The van der Waals surface area contributed by atoms with E-state index in [1.165, 1.54) is 6.20 Å². The summed E-state index contributed by atoms with van der Waals surface area (Å²) in [5.41, 5.74) is 2.18. The third-order valence-electron chi connectivity index (χ3n) is 4.97. The van der Waals surface area contributed by atoms with Gasteiger partial charge in [0.2, 0.25) is 5.82 Å². The molecule has 0 spiro atoms. The highest BCUT2D eigenvalue weighted by Crippen LogP contribution is 2.31. The molecule has 32 heavy (non-hydrogen) atoms. The van der Waals surface area contributed by atoms with Crippen LogP contribution in [0.2, 0.25) is 0 Å². The molecule has 0 amide bonds. The molecule has 0 saturated carbocycles. The summed E-state index contributed by atoms with van der Waals surface area (Å²) in [5.74, 6) is -2.79. The number of hydrogen-bond donors (Lipinski definition) is 1. The van der Waals surface area contributed by atoms with Gasteiger partial charge in [-0.25, -0.2) is 14.5 Å². The number of rotatable bonds is 10. The highest BCUT2D eigenvalue weighted by atomic mass is 19.3. The number of ether oxygens (including phenoxy) is 1. The number of unbranched alkanes of at least 4 members (excludes halogenated alkanes) is 1. The summed E-state index contributed by atoms with van der Waals surface area (Å²) in [5, 5.41) is 13.0. The summed E-state index contributed by atoms with van der Waals surface area (Å²) < 4.78 is 35.1. The van der Waals surface area contributed by atoms with Gasteiger partial charge in [-0.05, 0) is 30.0 Å². The largest absolute Gasteiger partial charge is 0.511 e. The molecule has 9 heteroatoms. The van der Waals surface area contributed by atoms with E-state index in [1.807, 2.05) is 31.2 Å². The Morgan fingerprint density at radius 3 is 2.56 bits per heavy atom. The third kappa shape index (κ3) is 5.66. The van der Waals surface area contributed by atoms with Crippen molar-refractivity contribution in [1.29, 1.82) is 0 Å². The van der Waals surface area contributed by atoms with E-state index in [4.69, 9.17) is 9.84 Å². The topological polar surface area (TPSA) is 90.1 Å². The molecule has 0 bridgehead atoms. The van der Waals surface area contributed by atoms with Gasteiger partial charge in [-0.15, -0.1) is 5.10 Å². The minimum absolute atomic E-state index is 0.133. The van der Waals surface area contributed by atoms with Crippen molar-refractivity contribution < 1.29 is 23.4 Å². The summed E-state index contributed by atoms with van der Waals surface area (Å²) >= 11 is 0. The number of alkyl halides is 2. The van der Waals surface area contributed by atoms with Crippen molar-refractivity contribution in [2.24, 2.45) is 0 Å². The monoisotopic (exact) mass is 444 g/mol. The van der Waals surface area contributed by atoms with Gasteiger partial charge in [0.1, 0.15) is 5.82 Å². The highest BCUT2D eigenvalue weighted by Gasteiger charge is 2.36. The van der Waals surface area contributed by atoms with Crippen LogP contribution in [-0.4, -0.2) is 31.0 Å². The van der Waals surface area contributed by atoms with Crippen LogP contribution in [0.5, 0.6) is 5.75 Å². The molecule has 0 radical (unpaired) electrons. The zero-order valence-corrected chi connectivity index (χ0v) is 18.1. The van der Waals surface area contributed by atoms with Crippen LogP contribution in [0.1, 0.15) is 56.7 Å². The lowest BCUT2D eigenvalue weighted by molar-refractivity contribution is -0.0232. The minimum atomic E-state index is -3.05. The highest BCUT2D eigenvalue weighted by molar-refractivity contribution is 5.73. The third-order valence-corrected chi connectivity index (χ3v) is 4.97. The number of aryl methyl sites for hydroxylation is 1. The number of carbonyl (C=O) groups is 1. The normalized spacial score (nSPS) is 11.5. The fraction of sp³-hybridized carbons (Fsp3) is 0.391. The number of benzene rings is 1. The molecule has 0 fully saturated rings. The van der Waals surface area contributed by atoms with Gasteiger partial charge in [0.15, 0.2) is 5.75 Å². The molecule has 2 aromatic heterocycles. The maximum Gasteiger partial charge on any atom is 0.511 e. The SMILES string of the molecule is CCCCc1nc(C(F)(F)CCC)nn1Cc1ccc(-c2ccncc2OC(=O)O)cc1. The molecule has 3 aromatic rings. The fourth-order valence-electron chi connectivity index (χ4n) is 3.36. The first-order valence-electron chi connectivity index (χ1n) is 10.6. The van der Waals surface area contributed by atoms with Crippen LogP contribution in [0.4, 0.5) is 13.6 Å². The van der Waals surface area contributed by atoms with Crippen LogP contribution in [0.15, 0.2) is 42.7 Å². The Morgan fingerprint density at radius 1 is 1.16 bits per heavy atom. The molecule has 0 atom stereocenters. The molecular weight excluding hydrogens is 418 g/mol. The molecular formula is C23H26F2N4O3. The predicted molar refractivity (Wildman–Crippen MR) is 115 cm³/mol. The van der Waals surface area contributed by atoms with Crippen LogP contribution in [0, 0.1) is 0 Å². The number of nitrogens with zero attached hydrogens (tertiary/aromatic N) is 4. The Balaban J connectivity index is 1.85. The molecule has 1 N–H and O–H groups in total. The Bertz CT molecular complexity index is 1050. The van der Waals surface area contributed by atoms with Gasteiger partial charge in [-0.2, -0.15) is 8.78 Å². The van der Waals surface area contributed by atoms with Crippen molar-refractivity contribution in [1.82, 2.24) is 19.7 Å². The molecule has 3 rings (SSSR count). The lowest BCUT2D eigenvalue weighted by atomic mass is 10.0. The van der Waals surface area contributed by atoms with Gasteiger partial charge in [-0.3, -0.25) is 4.98 Å². The lowest BCUT2D eigenvalue weighted by Crippen LogP contribution is -2.15. The first kappa shape index (κ1) is 23.3. The maximum absolute atomic E-state index is 14.4. The molecule has 0 aliphatic carbocycles. The number of hydrogen-bond acceptors (Lipinski definition) is 5. The smallest absolute Gasteiger partial charge is 0.449 e. The van der Waals surface area contributed by atoms with Crippen molar-refractivity contribution in [3.8, 4) is 16.9 Å². The van der Waals surface area contributed by atoms with Crippen LogP contribution < -0.4 is 4.74 Å². The van der Waals surface area contributed by atoms with Crippen molar-refractivity contribution in [2.45, 2.75) is 58.4 Å². The maximum atomic E-state index is 14.4. The van der Waals surface area contributed by atoms with Crippen LogP contribution in [0.3, 0.4) is 0 Å². The van der Waals surface area contributed by atoms with Gasteiger partial charge in [-0.1, -0.05) is 44.5 Å². The molecule has 0 unspecified atom stereocenters. The second-order valence-electron chi connectivity index (χ2n) is 7.50. The van der Waals surface area contributed by atoms with Crippen molar-refractivity contribution >= 4 is 6.16 Å². The van der Waals surface area contributed by atoms with Crippen molar-refractivity contribution in [3.63, 3.8) is 0 Å². The summed E-state index contributed by atoms with van der Waals surface area (Å²) in [6, 6.07) is 8.98. The molecule has 1 aromatic carbocycles. The first-order chi connectivity index (χ1) is 15.3. The first-order valence-corrected chi connectivity index (χ1v) is 10.6. The van der Waals surface area contributed by atoms with E-state index in [9.17, 15) is 13.6 Å². The van der Waals surface area contributed by atoms with E-state index >= 15 is 0 Å². The van der Waals surface area contributed by atoms with E-state index in [0.717, 1.165) is 24.0 Å². The van der Waals surface area contributed by atoms with Gasteiger partial charge in [0, 0.05) is 24.6 Å². The fourth-order valence-corrected chi connectivity index (χ4v) is 3.36. The Morgan fingerprint density at radius 2 is 1.91 bits per heavy atom. The zero-order chi connectivity index (χ0) is 23.1. The summed E-state index contributed by atoms with van der Waals surface area (Å²) in [4.78, 5) is 19.0. The lowest BCUT2D eigenvalue weighted by Gasteiger charge is -2.10. The van der Waals surface area contributed by atoms with Gasteiger partial charge in [0.05, 0.1) is 12.7 Å². The number of carboxylic acid groups (broad SMARTS) is 1. The van der Waals surface area contributed by atoms with Crippen LogP contribution in [-0.2, 0) is 18.9 Å². The minimum Gasteiger partial charge on any atom is -0.449 e. The zero-order valence-electron chi connectivity index (χ0n) is 18.1. The average molecular weight is 444 g/mol. The number of pyridine rings is 1. The number of halogens is 2. The number of aromatic nitrogens is 4. The molecule has 7 nitrogen and oxygen atoms in total. The summed E-state index contributed by atoms with van der Waals surface area (Å²) in [6.07, 6.45) is 3.87. The molecule has 0 aliphatic heterocycles. The van der Waals surface area contributed by atoms with Crippen LogP contribution in [0.25, 0.3) is 11.1 Å². The van der Waals surface area contributed by atoms with Gasteiger partial charge < -0.3 is 9.84 Å². The van der Waals surface area contributed by atoms with E-state index in [1.54, 1.807) is 23.9 Å². The van der Waals surface area contributed by atoms with Crippen molar-refractivity contribution in [2.75, 3.05) is 0 Å². The second-order valence-corrected chi connectivity index (χ2v) is 7.50. The average Bonchev–Trinajstić information content (AvgIpc) is 3.16. The molecule has 2 heterocycles. The van der Waals surface area contributed by atoms with E-state index in [0.29, 0.717) is 30.8 Å². The van der Waals surface area contributed by atoms with Crippen molar-refractivity contribution in [3.05, 3.63) is 59.9 Å². The van der Waals surface area contributed by atoms with Gasteiger partial charge in [0.25, 0.3) is 0 Å².